The van der Waals surface area contributed by atoms with Gasteiger partial charge in [0.05, 0.1) is 12.7 Å². The zero-order chi connectivity index (χ0) is 14.8. The van der Waals surface area contributed by atoms with E-state index in [9.17, 15) is 0 Å². The molecule has 1 heterocycles. The summed E-state index contributed by atoms with van der Waals surface area (Å²) in [7, 11) is 1.66. The van der Waals surface area contributed by atoms with Gasteiger partial charge in [-0.15, -0.1) is 0 Å². The number of nitrogens with zero attached hydrogens (tertiary/aromatic N) is 1. The number of ether oxygens (including phenoxy) is 1. The van der Waals surface area contributed by atoms with E-state index in [-0.39, 0.29) is 0 Å². The van der Waals surface area contributed by atoms with Crippen LogP contribution < -0.4 is 10.5 Å². The molecule has 4 heteroatoms. The van der Waals surface area contributed by atoms with Crippen LogP contribution in [0.2, 0.25) is 0 Å². The van der Waals surface area contributed by atoms with Gasteiger partial charge in [-0.05, 0) is 42.5 Å². The molecule has 0 radical (unpaired) electrons. The number of benzene rings is 1. The van der Waals surface area contributed by atoms with E-state index in [1.54, 1.807) is 7.11 Å². The zero-order valence-electron chi connectivity index (χ0n) is 12.6. The molecule has 0 saturated carbocycles. The summed E-state index contributed by atoms with van der Waals surface area (Å²) in [5.74, 6) is 0.770. The van der Waals surface area contributed by atoms with Crippen molar-refractivity contribution in [2.24, 2.45) is 11.1 Å². The highest BCUT2D eigenvalue weighted by Gasteiger charge is 2.26. The van der Waals surface area contributed by atoms with Crippen LogP contribution in [0.4, 0.5) is 0 Å². The van der Waals surface area contributed by atoms with E-state index in [1.807, 2.05) is 6.07 Å². The van der Waals surface area contributed by atoms with Crippen LogP contribution in [0.15, 0.2) is 18.2 Å². The summed E-state index contributed by atoms with van der Waals surface area (Å²) >= 11 is 5.04. The third kappa shape index (κ3) is 3.70. The normalized spacial score (nSPS) is 18.8. The van der Waals surface area contributed by atoms with Crippen molar-refractivity contribution in [2.45, 2.75) is 33.2 Å². The minimum absolute atomic E-state index is 0.382. The number of piperidine rings is 1. The Labute approximate surface area is 127 Å². The SMILES string of the molecule is COc1cc(CN2CCCC(C)(C)C2)ccc1C(N)=S. The van der Waals surface area contributed by atoms with E-state index in [0.29, 0.717) is 10.4 Å². The molecule has 3 nitrogen and oxygen atoms in total. The third-order valence-corrected chi connectivity index (χ3v) is 4.14. The van der Waals surface area contributed by atoms with Crippen LogP contribution in [-0.2, 0) is 6.54 Å². The monoisotopic (exact) mass is 292 g/mol. The van der Waals surface area contributed by atoms with Gasteiger partial charge < -0.3 is 10.5 Å². The Hall–Kier alpha value is -1.13. The highest BCUT2D eigenvalue weighted by atomic mass is 32.1. The number of hydrogen-bond acceptors (Lipinski definition) is 3. The van der Waals surface area contributed by atoms with Gasteiger partial charge in [-0.2, -0.15) is 0 Å². The molecule has 0 aromatic heterocycles. The third-order valence-electron chi connectivity index (χ3n) is 3.92. The maximum absolute atomic E-state index is 5.70. The zero-order valence-corrected chi connectivity index (χ0v) is 13.4. The first-order valence-electron chi connectivity index (χ1n) is 7.10. The van der Waals surface area contributed by atoms with Crippen molar-refractivity contribution in [3.8, 4) is 5.75 Å². The number of methoxy groups -OCH3 is 1. The van der Waals surface area contributed by atoms with E-state index in [4.69, 9.17) is 22.7 Å². The van der Waals surface area contributed by atoms with E-state index < -0.39 is 0 Å². The van der Waals surface area contributed by atoms with Gasteiger partial charge in [0, 0.05) is 13.1 Å². The minimum Gasteiger partial charge on any atom is -0.496 e. The summed E-state index contributed by atoms with van der Waals surface area (Å²) in [6.07, 6.45) is 2.59. The molecule has 1 aromatic rings. The largest absolute Gasteiger partial charge is 0.496 e. The van der Waals surface area contributed by atoms with Crippen LogP contribution in [-0.4, -0.2) is 30.1 Å². The lowest BCUT2D eigenvalue weighted by Gasteiger charge is -2.38. The molecule has 1 aliphatic heterocycles. The summed E-state index contributed by atoms with van der Waals surface area (Å²) in [5.41, 5.74) is 8.18. The molecule has 0 aliphatic carbocycles. The molecule has 0 bridgehead atoms. The molecule has 20 heavy (non-hydrogen) atoms. The first-order valence-corrected chi connectivity index (χ1v) is 7.51. The molecule has 0 unspecified atom stereocenters. The number of thiocarbonyl (C=S) groups is 1. The molecule has 1 aliphatic rings. The molecule has 0 spiro atoms. The van der Waals surface area contributed by atoms with Crippen molar-refractivity contribution < 1.29 is 4.74 Å². The van der Waals surface area contributed by atoms with Gasteiger partial charge in [0.2, 0.25) is 0 Å². The van der Waals surface area contributed by atoms with Crippen molar-refractivity contribution >= 4 is 17.2 Å². The van der Waals surface area contributed by atoms with Crippen LogP contribution >= 0.6 is 12.2 Å². The summed E-state index contributed by atoms with van der Waals surface area (Å²) in [5, 5.41) is 0. The summed E-state index contributed by atoms with van der Waals surface area (Å²) < 4.78 is 5.39. The maximum Gasteiger partial charge on any atom is 0.129 e. The number of hydrogen-bond donors (Lipinski definition) is 1. The fourth-order valence-electron chi connectivity index (χ4n) is 2.98. The second-order valence-corrected chi connectivity index (χ2v) is 6.82. The van der Waals surface area contributed by atoms with Crippen molar-refractivity contribution in [3.05, 3.63) is 29.3 Å². The Balaban J connectivity index is 2.12. The Morgan fingerprint density at radius 3 is 2.80 bits per heavy atom. The van der Waals surface area contributed by atoms with Crippen LogP contribution in [0.3, 0.4) is 0 Å². The number of likely N-dealkylation sites (tertiary alicyclic amines) is 1. The van der Waals surface area contributed by atoms with Crippen molar-refractivity contribution in [1.29, 1.82) is 0 Å². The molecule has 1 saturated heterocycles. The average molecular weight is 292 g/mol. The quantitative estimate of drug-likeness (QED) is 0.866. The Morgan fingerprint density at radius 1 is 1.45 bits per heavy atom. The predicted octanol–water partition coefficient (Wildman–Crippen LogP) is 2.95. The van der Waals surface area contributed by atoms with E-state index in [0.717, 1.165) is 24.4 Å². The van der Waals surface area contributed by atoms with Gasteiger partial charge in [0.1, 0.15) is 10.7 Å². The fraction of sp³-hybridized carbons (Fsp3) is 0.562. The molecule has 110 valence electrons. The van der Waals surface area contributed by atoms with Gasteiger partial charge in [0.25, 0.3) is 0 Å². The van der Waals surface area contributed by atoms with Crippen molar-refractivity contribution in [2.75, 3.05) is 20.2 Å². The first kappa shape index (κ1) is 15.3. The van der Waals surface area contributed by atoms with Crippen LogP contribution in [0.5, 0.6) is 5.75 Å². The van der Waals surface area contributed by atoms with Crippen LogP contribution in [0.25, 0.3) is 0 Å². The lowest BCUT2D eigenvalue weighted by atomic mass is 9.84. The smallest absolute Gasteiger partial charge is 0.129 e. The first-order chi connectivity index (χ1) is 9.41. The second-order valence-electron chi connectivity index (χ2n) is 6.38. The molecule has 2 rings (SSSR count). The van der Waals surface area contributed by atoms with Gasteiger partial charge >= 0.3 is 0 Å². The van der Waals surface area contributed by atoms with Crippen molar-refractivity contribution in [1.82, 2.24) is 4.90 Å². The lowest BCUT2D eigenvalue weighted by Crippen LogP contribution is -2.39. The number of nitrogens with two attached hydrogens (primary N) is 1. The van der Waals surface area contributed by atoms with Gasteiger partial charge in [-0.3, -0.25) is 4.90 Å². The fourth-order valence-corrected chi connectivity index (χ4v) is 3.14. The molecular formula is C16H24N2OS. The van der Waals surface area contributed by atoms with Crippen molar-refractivity contribution in [3.63, 3.8) is 0 Å². The van der Waals surface area contributed by atoms with Gasteiger partial charge in [-0.1, -0.05) is 32.1 Å². The molecular weight excluding hydrogens is 268 g/mol. The number of rotatable bonds is 4. The molecule has 0 amide bonds. The Kier molecular flexibility index (Phi) is 4.66. The predicted molar refractivity (Wildman–Crippen MR) is 87.2 cm³/mol. The molecule has 1 fully saturated rings. The second kappa shape index (κ2) is 6.10. The average Bonchev–Trinajstić information content (AvgIpc) is 2.37. The van der Waals surface area contributed by atoms with E-state index >= 15 is 0 Å². The summed E-state index contributed by atoms with van der Waals surface area (Å²) in [4.78, 5) is 2.89. The van der Waals surface area contributed by atoms with Gasteiger partial charge in [-0.25, -0.2) is 0 Å². The topological polar surface area (TPSA) is 38.5 Å². The highest BCUT2D eigenvalue weighted by molar-refractivity contribution is 7.80. The molecule has 1 aromatic carbocycles. The minimum atomic E-state index is 0.382. The lowest BCUT2D eigenvalue weighted by molar-refractivity contribution is 0.111. The summed E-state index contributed by atoms with van der Waals surface area (Å²) in [6.45, 7) is 7.96. The van der Waals surface area contributed by atoms with E-state index in [2.05, 4.69) is 30.9 Å². The standard InChI is InChI=1S/C16H24N2OS/c1-16(2)7-4-8-18(11-16)10-12-5-6-13(15(17)20)14(9-12)19-3/h5-6,9H,4,7-8,10-11H2,1-3H3,(H2,17,20). The van der Waals surface area contributed by atoms with E-state index in [1.165, 1.54) is 24.9 Å². The maximum atomic E-state index is 5.70. The summed E-state index contributed by atoms with van der Waals surface area (Å²) in [6, 6.07) is 6.11. The Bertz CT molecular complexity index is 499. The highest BCUT2D eigenvalue weighted by Crippen LogP contribution is 2.30. The molecule has 2 N–H and O–H groups in total. The van der Waals surface area contributed by atoms with Crippen LogP contribution in [0.1, 0.15) is 37.8 Å². The molecule has 0 atom stereocenters. The van der Waals surface area contributed by atoms with Crippen LogP contribution in [0, 0.1) is 5.41 Å². The van der Waals surface area contributed by atoms with Gasteiger partial charge in [0.15, 0.2) is 0 Å². The Morgan fingerprint density at radius 2 is 2.20 bits per heavy atom.